The van der Waals surface area contributed by atoms with Crippen LogP contribution in [0.15, 0.2) is 24.3 Å². The molecular weight excluding hydrogens is 208 g/mol. The second kappa shape index (κ2) is 6.61. The maximum atomic E-state index is 9.12. The Morgan fingerprint density at radius 3 is 2.33 bits per heavy atom. The quantitative estimate of drug-likeness (QED) is 0.583. The summed E-state index contributed by atoms with van der Waals surface area (Å²) in [5.74, 6) is 0.352. The van der Waals surface area contributed by atoms with Crippen molar-refractivity contribution in [3.63, 3.8) is 0 Å². The van der Waals surface area contributed by atoms with E-state index in [0.717, 1.165) is 12.5 Å². The molecule has 0 heterocycles. The van der Waals surface area contributed by atoms with Crippen molar-refractivity contribution in [2.24, 2.45) is 0 Å². The lowest BCUT2D eigenvalue weighted by Crippen LogP contribution is -2.21. The maximum Gasteiger partial charge on any atom is 0.134 e. The van der Waals surface area contributed by atoms with E-state index in [1.54, 1.807) is 26.4 Å². The molecule has 0 aromatic heterocycles. The zero-order valence-corrected chi connectivity index (χ0v) is 10.7. The molecule has 0 amide bonds. The highest BCUT2D eigenvalue weighted by molar-refractivity contribution is 6.36. The van der Waals surface area contributed by atoms with Crippen molar-refractivity contribution >= 4 is 9.52 Å². The highest BCUT2D eigenvalue weighted by Gasteiger charge is 2.05. The summed E-state index contributed by atoms with van der Waals surface area (Å²) in [6, 6.07) is 8.51. The number of rotatable bonds is 6. The molecule has 0 unspecified atom stereocenters. The molecule has 0 fully saturated rings. The van der Waals surface area contributed by atoms with Gasteiger partial charge in [0.25, 0.3) is 0 Å². The Morgan fingerprint density at radius 1 is 1.20 bits per heavy atom. The van der Waals surface area contributed by atoms with E-state index in [0.29, 0.717) is 5.75 Å². The SMILES string of the molecule is COC(OC)[SiH2]CCc1ccc(O)cc1. The predicted octanol–water partition coefficient (Wildman–Crippen LogP) is 1.10. The van der Waals surface area contributed by atoms with Crippen molar-refractivity contribution < 1.29 is 14.6 Å². The minimum atomic E-state index is -0.335. The van der Waals surface area contributed by atoms with Gasteiger partial charge in [-0.25, -0.2) is 0 Å². The molecule has 1 aromatic rings. The minimum absolute atomic E-state index is 0.0297. The monoisotopic (exact) mass is 226 g/mol. The molecule has 0 radical (unpaired) electrons. The largest absolute Gasteiger partial charge is 0.508 e. The molecule has 4 heteroatoms. The zero-order valence-electron chi connectivity index (χ0n) is 9.27. The van der Waals surface area contributed by atoms with Gasteiger partial charge < -0.3 is 14.6 Å². The van der Waals surface area contributed by atoms with Crippen LogP contribution < -0.4 is 0 Å². The van der Waals surface area contributed by atoms with Crippen molar-refractivity contribution in [2.45, 2.75) is 18.4 Å². The molecule has 0 aliphatic carbocycles. The Morgan fingerprint density at radius 2 is 1.80 bits per heavy atom. The van der Waals surface area contributed by atoms with Crippen LogP contribution in [0.2, 0.25) is 6.04 Å². The van der Waals surface area contributed by atoms with Gasteiger partial charge in [-0.1, -0.05) is 18.2 Å². The molecular formula is C11H18O3Si. The summed E-state index contributed by atoms with van der Waals surface area (Å²) in [4.78, 5) is 0. The number of aryl methyl sites for hydroxylation is 1. The lowest BCUT2D eigenvalue weighted by molar-refractivity contribution is -0.0440. The van der Waals surface area contributed by atoms with E-state index in [9.17, 15) is 0 Å². The average molecular weight is 226 g/mol. The third kappa shape index (κ3) is 4.46. The van der Waals surface area contributed by atoms with Crippen LogP contribution in [0.25, 0.3) is 0 Å². The summed E-state index contributed by atoms with van der Waals surface area (Å²) < 4.78 is 10.3. The molecule has 0 saturated carbocycles. The van der Waals surface area contributed by atoms with Crippen LogP contribution in [-0.4, -0.2) is 34.8 Å². The second-order valence-corrected chi connectivity index (χ2v) is 5.41. The molecule has 1 N–H and O–H groups in total. The Balaban J connectivity index is 2.28. The standard InChI is InChI=1S/C11H18O3Si/c1-13-11(14-2)15-8-7-9-3-5-10(12)6-4-9/h3-6,11-12H,7-8,15H2,1-2H3. The average Bonchev–Trinajstić information content (AvgIpc) is 2.27. The first-order valence-electron chi connectivity index (χ1n) is 5.09. The van der Waals surface area contributed by atoms with Crippen molar-refractivity contribution in [3.8, 4) is 5.75 Å². The Labute approximate surface area is 92.9 Å². The molecule has 0 saturated heterocycles. The first kappa shape index (κ1) is 12.2. The molecule has 1 rings (SSSR count). The highest BCUT2D eigenvalue weighted by atomic mass is 28.2. The summed E-state index contributed by atoms with van der Waals surface area (Å²) in [5.41, 5.74) is 1.26. The zero-order chi connectivity index (χ0) is 11.1. The van der Waals surface area contributed by atoms with E-state index in [-0.39, 0.29) is 15.4 Å². The number of benzene rings is 1. The number of hydrogen-bond acceptors (Lipinski definition) is 3. The second-order valence-electron chi connectivity index (χ2n) is 3.46. The van der Waals surface area contributed by atoms with Crippen molar-refractivity contribution in [2.75, 3.05) is 14.2 Å². The summed E-state index contributed by atoms with van der Waals surface area (Å²) in [6.45, 7) is 0. The fourth-order valence-electron chi connectivity index (χ4n) is 1.47. The Hall–Kier alpha value is -0.843. The maximum absolute atomic E-state index is 9.12. The van der Waals surface area contributed by atoms with Gasteiger partial charge in [-0.15, -0.1) is 0 Å². The Bertz CT molecular complexity index is 270. The topological polar surface area (TPSA) is 38.7 Å². The van der Waals surface area contributed by atoms with Crippen LogP contribution in [0.1, 0.15) is 5.56 Å². The molecule has 1 aromatic carbocycles. The fraction of sp³-hybridized carbons (Fsp3) is 0.455. The van der Waals surface area contributed by atoms with Crippen molar-refractivity contribution in [3.05, 3.63) is 29.8 Å². The van der Waals surface area contributed by atoms with Gasteiger partial charge in [0, 0.05) is 14.2 Å². The minimum Gasteiger partial charge on any atom is -0.508 e. The molecule has 15 heavy (non-hydrogen) atoms. The van der Waals surface area contributed by atoms with Crippen LogP contribution in [0, 0.1) is 0 Å². The third-order valence-corrected chi connectivity index (χ3v) is 4.27. The number of phenols is 1. The van der Waals surface area contributed by atoms with E-state index < -0.39 is 0 Å². The van der Waals surface area contributed by atoms with Gasteiger partial charge >= 0.3 is 0 Å². The van der Waals surface area contributed by atoms with Crippen LogP contribution in [-0.2, 0) is 15.9 Å². The van der Waals surface area contributed by atoms with Gasteiger partial charge in [0.15, 0.2) is 0 Å². The molecule has 3 nitrogen and oxygen atoms in total. The number of hydrogen-bond donors (Lipinski definition) is 1. The summed E-state index contributed by atoms with van der Waals surface area (Å²) in [7, 11) is 3.03. The smallest absolute Gasteiger partial charge is 0.134 e. The molecule has 0 spiro atoms. The highest BCUT2D eigenvalue weighted by Crippen LogP contribution is 2.11. The van der Waals surface area contributed by atoms with E-state index in [1.165, 1.54) is 5.56 Å². The number of phenolic OH excluding ortho intramolecular Hbond substituents is 1. The van der Waals surface area contributed by atoms with Crippen molar-refractivity contribution in [1.82, 2.24) is 0 Å². The van der Waals surface area contributed by atoms with Gasteiger partial charge in [0.1, 0.15) is 11.7 Å². The number of ether oxygens (including phenoxy) is 2. The van der Waals surface area contributed by atoms with E-state index in [1.807, 2.05) is 12.1 Å². The molecule has 84 valence electrons. The van der Waals surface area contributed by atoms with Gasteiger partial charge in [-0.3, -0.25) is 0 Å². The number of aromatic hydroxyl groups is 1. The number of methoxy groups -OCH3 is 2. The van der Waals surface area contributed by atoms with Crippen molar-refractivity contribution in [1.29, 1.82) is 0 Å². The van der Waals surface area contributed by atoms with Gasteiger partial charge in [0.05, 0.1) is 9.52 Å². The van der Waals surface area contributed by atoms with Gasteiger partial charge in [-0.05, 0) is 24.1 Å². The summed E-state index contributed by atoms with van der Waals surface area (Å²) in [5, 5.41) is 9.12. The van der Waals surface area contributed by atoms with Crippen LogP contribution in [0.4, 0.5) is 0 Å². The Kier molecular flexibility index (Phi) is 5.38. The summed E-state index contributed by atoms with van der Waals surface area (Å²) in [6.07, 6.45) is 1.04. The van der Waals surface area contributed by atoms with Crippen LogP contribution in [0.5, 0.6) is 5.75 Å². The van der Waals surface area contributed by atoms with Gasteiger partial charge in [0.2, 0.25) is 0 Å². The normalized spacial score (nSPS) is 11.7. The lowest BCUT2D eigenvalue weighted by Gasteiger charge is -2.12. The predicted molar refractivity (Wildman–Crippen MR) is 63.0 cm³/mol. The third-order valence-electron chi connectivity index (χ3n) is 2.37. The fourth-order valence-corrected chi connectivity index (χ4v) is 2.88. The first-order valence-corrected chi connectivity index (χ1v) is 6.91. The van der Waals surface area contributed by atoms with Crippen LogP contribution in [0.3, 0.4) is 0 Å². The molecule has 0 aliphatic heterocycles. The summed E-state index contributed by atoms with van der Waals surface area (Å²) >= 11 is 0. The van der Waals surface area contributed by atoms with Gasteiger partial charge in [-0.2, -0.15) is 0 Å². The molecule has 0 bridgehead atoms. The molecule has 0 atom stereocenters. The van der Waals surface area contributed by atoms with E-state index in [4.69, 9.17) is 14.6 Å². The van der Waals surface area contributed by atoms with E-state index >= 15 is 0 Å². The molecule has 0 aliphatic rings. The van der Waals surface area contributed by atoms with Crippen LogP contribution >= 0.6 is 0 Å². The lowest BCUT2D eigenvalue weighted by atomic mass is 10.2. The van der Waals surface area contributed by atoms with E-state index in [2.05, 4.69) is 0 Å². The first-order chi connectivity index (χ1) is 7.26.